The predicted molar refractivity (Wildman–Crippen MR) is 116 cm³/mol. The van der Waals surface area contributed by atoms with Gasteiger partial charge in [0.2, 0.25) is 0 Å². The highest BCUT2D eigenvalue weighted by molar-refractivity contribution is 5.92. The molecule has 0 spiro atoms. The van der Waals surface area contributed by atoms with Gasteiger partial charge in [-0.1, -0.05) is 13.8 Å². The molecule has 1 aromatic heterocycles. The monoisotopic (exact) mass is 407 g/mol. The van der Waals surface area contributed by atoms with Gasteiger partial charge in [0.1, 0.15) is 11.8 Å². The highest BCUT2D eigenvalue weighted by Crippen LogP contribution is 2.30. The highest BCUT2D eigenvalue weighted by Gasteiger charge is 2.26. The Hall–Kier alpha value is -3.14. The van der Waals surface area contributed by atoms with Crippen LogP contribution in [0.15, 0.2) is 30.3 Å². The van der Waals surface area contributed by atoms with Gasteiger partial charge < -0.3 is 15.0 Å². The first kappa shape index (κ1) is 21.6. The number of rotatable bonds is 6. The fraction of sp³-hybridized carbons (Fsp3) is 0.478. The second-order valence-corrected chi connectivity index (χ2v) is 8.08. The van der Waals surface area contributed by atoms with E-state index >= 15 is 0 Å². The molecule has 0 bridgehead atoms. The van der Waals surface area contributed by atoms with Crippen LogP contribution in [0.3, 0.4) is 0 Å². The number of carbonyl (C=O) groups excluding carboxylic acids is 1. The van der Waals surface area contributed by atoms with Crippen LogP contribution in [0, 0.1) is 11.3 Å². The number of ether oxygens (including phenoxy) is 1. The van der Waals surface area contributed by atoms with Crippen LogP contribution in [0.5, 0.6) is 5.75 Å². The van der Waals surface area contributed by atoms with E-state index in [4.69, 9.17) is 10.00 Å². The van der Waals surface area contributed by atoms with Crippen LogP contribution in [0.4, 0.5) is 5.69 Å². The molecule has 0 aliphatic heterocycles. The number of hydrogen-bond acceptors (Lipinski definition) is 6. The first-order chi connectivity index (χ1) is 14.4. The standard InChI is InChI=1S/C23H29N5O2/c1-15(2)20-11-12-21(27-26-20)23(29)25-17-6-9-18(10-7-17)28(3)19-8-5-16(14-24)22(13-19)30-4/h5,8,11-13,15,17-18H,6-7,9-10H2,1-4H3,(H,25,29). The van der Waals surface area contributed by atoms with Crippen molar-refractivity contribution in [3.05, 3.63) is 47.3 Å². The summed E-state index contributed by atoms with van der Waals surface area (Å²) >= 11 is 0. The Bertz CT molecular complexity index is 912. The molecular formula is C23H29N5O2. The van der Waals surface area contributed by atoms with Crippen molar-refractivity contribution < 1.29 is 9.53 Å². The molecule has 1 saturated carbocycles. The smallest absolute Gasteiger partial charge is 0.272 e. The van der Waals surface area contributed by atoms with Gasteiger partial charge in [0.25, 0.3) is 5.91 Å². The zero-order chi connectivity index (χ0) is 21.7. The number of hydrogen-bond donors (Lipinski definition) is 1. The molecule has 158 valence electrons. The lowest BCUT2D eigenvalue weighted by Crippen LogP contribution is -2.43. The summed E-state index contributed by atoms with van der Waals surface area (Å²) in [6.07, 6.45) is 3.76. The van der Waals surface area contributed by atoms with E-state index in [1.165, 1.54) is 0 Å². The van der Waals surface area contributed by atoms with Crippen LogP contribution in [-0.2, 0) is 0 Å². The van der Waals surface area contributed by atoms with Gasteiger partial charge in [-0.25, -0.2) is 0 Å². The molecule has 2 aromatic rings. The van der Waals surface area contributed by atoms with Crippen molar-refractivity contribution in [3.8, 4) is 11.8 Å². The summed E-state index contributed by atoms with van der Waals surface area (Å²) in [5, 5.41) is 20.5. The number of anilines is 1. The maximum Gasteiger partial charge on any atom is 0.272 e. The van der Waals surface area contributed by atoms with E-state index in [2.05, 4.69) is 33.5 Å². The zero-order valence-corrected chi connectivity index (χ0v) is 18.1. The van der Waals surface area contributed by atoms with E-state index < -0.39 is 0 Å². The van der Waals surface area contributed by atoms with E-state index in [9.17, 15) is 4.79 Å². The zero-order valence-electron chi connectivity index (χ0n) is 18.1. The fourth-order valence-electron chi connectivity index (χ4n) is 3.84. The molecule has 0 unspecified atom stereocenters. The van der Waals surface area contributed by atoms with Crippen LogP contribution in [0.1, 0.15) is 67.2 Å². The molecule has 30 heavy (non-hydrogen) atoms. The second kappa shape index (κ2) is 9.57. The number of carbonyl (C=O) groups is 1. The topological polar surface area (TPSA) is 91.1 Å². The third kappa shape index (κ3) is 4.88. The summed E-state index contributed by atoms with van der Waals surface area (Å²) in [6.45, 7) is 4.10. The van der Waals surface area contributed by atoms with Crippen molar-refractivity contribution in [1.29, 1.82) is 5.26 Å². The molecule has 1 amide bonds. The van der Waals surface area contributed by atoms with Crippen molar-refractivity contribution in [1.82, 2.24) is 15.5 Å². The molecule has 1 aliphatic carbocycles. The molecule has 1 aliphatic rings. The van der Waals surface area contributed by atoms with Gasteiger partial charge in [0.05, 0.1) is 18.4 Å². The summed E-state index contributed by atoms with van der Waals surface area (Å²) < 4.78 is 5.33. The largest absolute Gasteiger partial charge is 0.495 e. The summed E-state index contributed by atoms with van der Waals surface area (Å²) in [5.74, 6) is 0.719. The van der Waals surface area contributed by atoms with Crippen molar-refractivity contribution in [2.24, 2.45) is 0 Å². The number of nitrogens with zero attached hydrogens (tertiary/aromatic N) is 4. The average Bonchev–Trinajstić information content (AvgIpc) is 2.78. The number of nitriles is 1. The van der Waals surface area contributed by atoms with Crippen LogP contribution in [-0.4, -0.2) is 42.3 Å². The van der Waals surface area contributed by atoms with Crippen molar-refractivity contribution in [2.75, 3.05) is 19.1 Å². The first-order valence-corrected chi connectivity index (χ1v) is 10.4. The van der Waals surface area contributed by atoms with Gasteiger partial charge in [-0.2, -0.15) is 10.4 Å². The Morgan fingerprint density at radius 1 is 1.20 bits per heavy atom. The summed E-state index contributed by atoms with van der Waals surface area (Å²) in [5.41, 5.74) is 2.81. The van der Waals surface area contributed by atoms with Crippen molar-refractivity contribution in [2.45, 2.75) is 57.5 Å². The fourth-order valence-corrected chi connectivity index (χ4v) is 3.84. The van der Waals surface area contributed by atoms with E-state index in [1.54, 1.807) is 19.2 Å². The van der Waals surface area contributed by atoms with Crippen LogP contribution in [0.25, 0.3) is 0 Å². The Balaban J connectivity index is 1.55. The minimum atomic E-state index is -0.161. The second-order valence-electron chi connectivity index (χ2n) is 8.08. The molecule has 7 heteroatoms. The SMILES string of the molecule is COc1cc(N(C)C2CCC(NC(=O)c3ccc(C(C)C)nn3)CC2)ccc1C#N. The molecule has 7 nitrogen and oxygen atoms in total. The third-order valence-electron chi connectivity index (χ3n) is 5.80. The Morgan fingerprint density at radius 2 is 1.93 bits per heavy atom. The number of methoxy groups -OCH3 is 1. The summed E-state index contributed by atoms with van der Waals surface area (Å²) in [6, 6.07) is 11.9. The minimum Gasteiger partial charge on any atom is -0.495 e. The number of amides is 1. The molecule has 0 saturated heterocycles. The van der Waals surface area contributed by atoms with Gasteiger partial charge in [-0.15, -0.1) is 5.10 Å². The Labute approximate surface area is 178 Å². The normalized spacial score (nSPS) is 18.5. The molecule has 1 heterocycles. The van der Waals surface area contributed by atoms with Gasteiger partial charge in [0.15, 0.2) is 5.69 Å². The molecule has 0 atom stereocenters. The number of benzene rings is 1. The molecular weight excluding hydrogens is 378 g/mol. The lowest BCUT2D eigenvalue weighted by atomic mass is 9.90. The molecule has 1 fully saturated rings. The van der Waals surface area contributed by atoms with Crippen LogP contribution < -0.4 is 15.0 Å². The maximum atomic E-state index is 12.5. The van der Waals surface area contributed by atoms with Crippen LogP contribution in [0.2, 0.25) is 0 Å². The first-order valence-electron chi connectivity index (χ1n) is 10.4. The van der Waals surface area contributed by atoms with E-state index in [0.717, 1.165) is 37.1 Å². The molecule has 1 aromatic carbocycles. The predicted octanol–water partition coefficient (Wildman–Crippen LogP) is 3.66. The lowest BCUT2D eigenvalue weighted by Gasteiger charge is -2.36. The van der Waals surface area contributed by atoms with Crippen LogP contribution >= 0.6 is 0 Å². The van der Waals surface area contributed by atoms with Gasteiger partial charge in [0, 0.05) is 30.9 Å². The Morgan fingerprint density at radius 3 is 2.50 bits per heavy atom. The quantitative estimate of drug-likeness (QED) is 0.786. The maximum absolute atomic E-state index is 12.5. The Kier molecular flexibility index (Phi) is 6.88. The van der Waals surface area contributed by atoms with Crippen molar-refractivity contribution in [3.63, 3.8) is 0 Å². The number of aromatic nitrogens is 2. The van der Waals surface area contributed by atoms with Gasteiger partial charge in [-0.3, -0.25) is 4.79 Å². The van der Waals surface area contributed by atoms with Crippen molar-refractivity contribution >= 4 is 11.6 Å². The molecule has 3 rings (SSSR count). The number of nitrogens with one attached hydrogen (secondary N) is 1. The van der Waals surface area contributed by atoms with E-state index in [0.29, 0.717) is 23.0 Å². The average molecular weight is 408 g/mol. The van der Waals surface area contributed by atoms with E-state index in [-0.39, 0.29) is 17.9 Å². The van der Waals surface area contributed by atoms with Gasteiger partial charge in [-0.05, 0) is 55.9 Å². The van der Waals surface area contributed by atoms with Gasteiger partial charge >= 0.3 is 0 Å². The molecule has 1 N–H and O–H groups in total. The highest BCUT2D eigenvalue weighted by atomic mass is 16.5. The third-order valence-corrected chi connectivity index (χ3v) is 5.80. The summed E-state index contributed by atoms with van der Waals surface area (Å²) in [7, 11) is 3.64. The summed E-state index contributed by atoms with van der Waals surface area (Å²) in [4.78, 5) is 14.7. The lowest BCUT2D eigenvalue weighted by molar-refractivity contribution is 0.0919. The van der Waals surface area contributed by atoms with E-state index in [1.807, 2.05) is 32.0 Å². The minimum absolute atomic E-state index is 0.143. The molecule has 0 radical (unpaired) electrons.